The minimum atomic E-state index is -0.193. The molecule has 0 saturated heterocycles. The number of ether oxygens (including phenoxy) is 1. The van der Waals surface area contributed by atoms with Crippen molar-refractivity contribution in [2.24, 2.45) is 0 Å². The second-order valence-corrected chi connectivity index (χ2v) is 8.12. The molecule has 0 unspecified atom stereocenters. The van der Waals surface area contributed by atoms with Crippen LogP contribution in [0.3, 0.4) is 0 Å². The summed E-state index contributed by atoms with van der Waals surface area (Å²) in [6.45, 7) is 6.54. The Hall–Kier alpha value is -3.33. The molecule has 3 rings (SSSR count). The van der Waals surface area contributed by atoms with Gasteiger partial charge >= 0.3 is 0 Å². The molecule has 1 aromatic heterocycles. The molecule has 3 aromatic rings. The van der Waals surface area contributed by atoms with Crippen LogP contribution in [0.15, 0.2) is 47.6 Å². The number of thioether (sulfide) groups is 1. The van der Waals surface area contributed by atoms with Gasteiger partial charge in [-0.15, -0.1) is 10.2 Å². The van der Waals surface area contributed by atoms with E-state index in [9.17, 15) is 9.59 Å². The monoisotopic (exact) mass is 453 g/mol. The van der Waals surface area contributed by atoms with Crippen molar-refractivity contribution >= 4 is 35.0 Å². The van der Waals surface area contributed by atoms with Gasteiger partial charge in [0.1, 0.15) is 11.6 Å². The minimum absolute atomic E-state index is 0.0854. The first-order valence-corrected chi connectivity index (χ1v) is 11.2. The van der Waals surface area contributed by atoms with Crippen molar-refractivity contribution in [3.05, 3.63) is 59.4 Å². The number of methoxy groups -OCH3 is 1. The lowest BCUT2D eigenvalue weighted by Crippen LogP contribution is -2.18. The highest BCUT2D eigenvalue weighted by Crippen LogP contribution is 2.21. The Bertz CT molecular complexity index is 1100. The molecule has 9 heteroatoms. The number of anilines is 2. The van der Waals surface area contributed by atoms with Crippen molar-refractivity contribution in [1.82, 2.24) is 14.8 Å². The molecule has 0 radical (unpaired) electrons. The number of benzene rings is 2. The fourth-order valence-electron chi connectivity index (χ4n) is 3.10. The zero-order valence-corrected chi connectivity index (χ0v) is 19.5. The Labute approximate surface area is 191 Å². The molecule has 1 heterocycles. The molecule has 32 heavy (non-hydrogen) atoms. The lowest BCUT2D eigenvalue weighted by atomic mass is 10.1. The van der Waals surface area contributed by atoms with Gasteiger partial charge in [-0.3, -0.25) is 9.59 Å². The van der Waals surface area contributed by atoms with Gasteiger partial charge in [-0.05, 0) is 62.2 Å². The second-order valence-electron chi connectivity index (χ2n) is 7.18. The van der Waals surface area contributed by atoms with Crippen LogP contribution < -0.4 is 15.4 Å². The number of carbonyl (C=O) groups excluding carboxylic acids is 2. The van der Waals surface area contributed by atoms with Crippen molar-refractivity contribution in [2.45, 2.75) is 38.9 Å². The van der Waals surface area contributed by atoms with Crippen LogP contribution in [-0.2, 0) is 22.6 Å². The van der Waals surface area contributed by atoms with Gasteiger partial charge in [0.2, 0.25) is 11.8 Å². The molecule has 2 aromatic carbocycles. The van der Waals surface area contributed by atoms with Gasteiger partial charge in [0.25, 0.3) is 0 Å². The summed E-state index contributed by atoms with van der Waals surface area (Å²) in [5.74, 6) is 1.16. The first kappa shape index (κ1) is 23.3. The Morgan fingerprint density at radius 2 is 1.78 bits per heavy atom. The van der Waals surface area contributed by atoms with Gasteiger partial charge in [0, 0.05) is 17.9 Å². The quantitative estimate of drug-likeness (QED) is 0.478. The molecule has 168 valence electrons. The maximum atomic E-state index is 12.4. The van der Waals surface area contributed by atoms with E-state index in [1.807, 2.05) is 43.5 Å². The first-order chi connectivity index (χ1) is 15.4. The van der Waals surface area contributed by atoms with Crippen molar-refractivity contribution < 1.29 is 14.3 Å². The van der Waals surface area contributed by atoms with Crippen LogP contribution in [-0.4, -0.2) is 39.4 Å². The highest BCUT2D eigenvalue weighted by atomic mass is 32.2. The van der Waals surface area contributed by atoms with Gasteiger partial charge in [0.05, 0.1) is 19.3 Å². The Kier molecular flexibility index (Phi) is 7.88. The lowest BCUT2D eigenvalue weighted by molar-refractivity contribution is -0.116. The van der Waals surface area contributed by atoms with Crippen molar-refractivity contribution in [2.75, 3.05) is 23.5 Å². The third-order valence-corrected chi connectivity index (χ3v) is 5.98. The van der Waals surface area contributed by atoms with Gasteiger partial charge in [-0.2, -0.15) is 0 Å². The van der Waals surface area contributed by atoms with Crippen LogP contribution in [0.2, 0.25) is 0 Å². The summed E-state index contributed by atoms with van der Waals surface area (Å²) in [6.07, 6.45) is 0.0854. The standard InChI is InChI=1S/C23H27N5O3S/c1-5-28-20(13-21(29)24-17-9-11-18(31-4)12-10-17)26-27-23(28)32-14-22(30)25-19-8-6-7-15(2)16(19)3/h6-12H,5,13-14H2,1-4H3,(H,24,29)(H,25,30). The molecule has 0 saturated carbocycles. The number of amides is 2. The average Bonchev–Trinajstić information content (AvgIpc) is 3.17. The largest absolute Gasteiger partial charge is 0.497 e. The normalized spacial score (nSPS) is 10.6. The van der Waals surface area contributed by atoms with E-state index < -0.39 is 0 Å². The van der Waals surface area contributed by atoms with E-state index in [1.165, 1.54) is 11.8 Å². The summed E-state index contributed by atoms with van der Waals surface area (Å²) in [5.41, 5.74) is 3.66. The second kappa shape index (κ2) is 10.8. The van der Waals surface area contributed by atoms with Crippen LogP contribution in [0.5, 0.6) is 5.75 Å². The Morgan fingerprint density at radius 1 is 1.03 bits per heavy atom. The zero-order valence-electron chi connectivity index (χ0n) is 18.6. The molecular formula is C23H27N5O3S. The molecule has 0 aliphatic carbocycles. The fourth-order valence-corrected chi connectivity index (χ4v) is 3.92. The number of aromatic nitrogens is 3. The number of nitrogens with one attached hydrogen (secondary N) is 2. The first-order valence-electron chi connectivity index (χ1n) is 10.3. The Morgan fingerprint density at radius 3 is 2.47 bits per heavy atom. The summed E-state index contributed by atoms with van der Waals surface area (Å²) >= 11 is 1.30. The van der Waals surface area contributed by atoms with E-state index in [-0.39, 0.29) is 24.0 Å². The number of rotatable bonds is 9. The summed E-state index contributed by atoms with van der Waals surface area (Å²) < 4.78 is 6.97. The molecule has 2 N–H and O–H groups in total. The van der Waals surface area contributed by atoms with Crippen molar-refractivity contribution in [3.63, 3.8) is 0 Å². The maximum absolute atomic E-state index is 12.4. The SMILES string of the molecule is CCn1c(CC(=O)Nc2ccc(OC)cc2)nnc1SCC(=O)Nc1cccc(C)c1C. The van der Waals surface area contributed by atoms with Crippen molar-refractivity contribution in [3.8, 4) is 5.75 Å². The lowest BCUT2D eigenvalue weighted by Gasteiger charge is -2.11. The van der Waals surface area contributed by atoms with E-state index >= 15 is 0 Å². The molecule has 0 aliphatic heterocycles. The van der Waals surface area contributed by atoms with Gasteiger partial charge < -0.3 is 19.9 Å². The number of hydrogen-bond acceptors (Lipinski definition) is 6. The van der Waals surface area contributed by atoms with Crippen LogP contribution in [0.1, 0.15) is 23.9 Å². The number of aryl methyl sites for hydroxylation is 1. The summed E-state index contributed by atoms with van der Waals surface area (Å²) in [6, 6.07) is 12.9. The van der Waals surface area contributed by atoms with Crippen LogP contribution in [0.4, 0.5) is 11.4 Å². The average molecular weight is 454 g/mol. The molecule has 0 fully saturated rings. The predicted molar refractivity (Wildman–Crippen MR) is 126 cm³/mol. The summed E-state index contributed by atoms with van der Waals surface area (Å²) in [5, 5.41) is 14.7. The molecular weight excluding hydrogens is 426 g/mol. The smallest absolute Gasteiger partial charge is 0.234 e. The van der Waals surface area contributed by atoms with E-state index in [4.69, 9.17) is 4.74 Å². The van der Waals surface area contributed by atoms with Crippen LogP contribution in [0, 0.1) is 13.8 Å². The third-order valence-electron chi connectivity index (χ3n) is 5.01. The highest BCUT2D eigenvalue weighted by molar-refractivity contribution is 7.99. The number of nitrogens with zero attached hydrogens (tertiary/aromatic N) is 3. The Balaban J connectivity index is 1.58. The zero-order chi connectivity index (χ0) is 23.1. The van der Waals surface area contributed by atoms with Gasteiger partial charge in [-0.1, -0.05) is 23.9 Å². The molecule has 0 aliphatic rings. The third kappa shape index (κ3) is 5.88. The van der Waals surface area contributed by atoms with Crippen LogP contribution >= 0.6 is 11.8 Å². The maximum Gasteiger partial charge on any atom is 0.234 e. The molecule has 2 amide bonds. The number of hydrogen-bond donors (Lipinski definition) is 2. The predicted octanol–water partition coefficient (Wildman–Crippen LogP) is 3.84. The van der Waals surface area contributed by atoms with Crippen LogP contribution in [0.25, 0.3) is 0 Å². The van der Waals surface area contributed by atoms with E-state index in [0.29, 0.717) is 23.2 Å². The fraction of sp³-hybridized carbons (Fsp3) is 0.304. The molecule has 0 bridgehead atoms. The summed E-state index contributed by atoms with van der Waals surface area (Å²) in [7, 11) is 1.59. The van der Waals surface area contributed by atoms with E-state index in [2.05, 4.69) is 20.8 Å². The van der Waals surface area contributed by atoms with Gasteiger partial charge in [0.15, 0.2) is 5.16 Å². The topological polar surface area (TPSA) is 98.1 Å². The molecule has 0 spiro atoms. The molecule has 0 atom stereocenters. The highest BCUT2D eigenvalue weighted by Gasteiger charge is 2.16. The molecule has 8 nitrogen and oxygen atoms in total. The summed E-state index contributed by atoms with van der Waals surface area (Å²) in [4.78, 5) is 24.9. The van der Waals surface area contributed by atoms with E-state index in [0.717, 1.165) is 22.6 Å². The van der Waals surface area contributed by atoms with Gasteiger partial charge in [-0.25, -0.2) is 0 Å². The number of carbonyl (C=O) groups is 2. The van der Waals surface area contributed by atoms with Crippen molar-refractivity contribution in [1.29, 1.82) is 0 Å². The van der Waals surface area contributed by atoms with E-state index in [1.54, 1.807) is 31.4 Å². The minimum Gasteiger partial charge on any atom is -0.497 e.